The van der Waals surface area contributed by atoms with Gasteiger partial charge in [-0.1, -0.05) is 57.8 Å². The second kappa shape index (κ2) is 7.63. The molecule has 2 heteroatoms. The maximum Gasteiger partial charge on any atom is 0.471 e. The lowest BCUT2D eigenvalue weighted by atomic mass is 10.0. The Labute approximate surface area is 92.5 Å². The van der Waals surface area contributed by atoms with E-state index in [2.05, 4.69) is 12.9 Å². The maximum atomic E-state index is 3.76. The highest BCUT2D eigenvalue weighted by molar-refractivity contribution is 9.23. The van der Waals surface area contributed by atoms with Crippen molar-refractivity contribution in [3.05, 3.63) is 0 Å². The van der Waals surface area contributed by atoms with Gasteiger partial charge in [-0.15, -0.1) is 4.05 Å². The summed E-state index contributed by atoms with van der Waals surface area (Å²) in [6.45, 7) is 0. The molecule has 1 fully saturated rings. The van der Waals surface area contributed by atoms with Gasteiger partial charge in [-0.2, -0.15) is 0 Å². The van der Waals surface area contributed by atoms with Crippen molar-refractivity contribution in [2.75, 3.05) is 0 Å². The Kier molecular flexibility index (Phi) is 7.20. The Morgan fingerprint density at radius 3 is 1.58 bits per heavy atom. The summed E-state index contributed by atoms with van der Waals surface area (Å²) in [7, 11) is 0. The van der Waals surface area contributed by atoms with E-state index < -0.39 is 0 Å². The Morgan fingerprint density at radius 1 is 0.750 bits per heavy atom. The van der Waals surface area contributed by atoms with Crippen LogP contribution in [0.5, 0.6) is 0 Å². The van der Waals surface area contributed by atoms with Gasteiger partial charge in [0.15, 0.2) is 0 Å². The van der Waals surface area contributed by atoms with Crippen molar-refractivity contribution in [1.82, 2.24) is 0 Å². The van der Waals surface area contributed by atoms with Crippen LogP contribution in [-0.2, 0) is 0 Å². The van der Waals surface area contributed by atoms with Crippen molar-refractivity contribution in [2.24, 2.45) is 0 Å². The van der Waals surface area contributed by atoms with Crippen LogP contribution in [-0.4, -0.2) is 18.2 Å². The van der Waals surface area contributed by atoms with Gasteiger partial charge < -0.3 is 12.9 Å². The van der Waals surface area contributed by atoms with Crippen LogP contribution in [0.3, 0.4) is 0 Å². The highest BCUT2D eigenvalue weighted by Gasteiger charge is 2.10. The molecule has 0 saturated heterocycles. The van der Waals surface area contributed by atoms with E-state index in [1.807, 2.05) is 0 Å². The highest BCUT2D eigenvalue weighted by Crippen LogP contribution is 2.25. The van der Waals surface area contributed by atoms with Gasteiger partial charge in [-0.25, -0.2) is 0 Å². The van der Waals surface area contributed by atoms with Crippen LogP contribution in [0.25, 0.3) is 0 Å². The van der Waals surface area contributed by atoms with Gasteiger partial charge in [0.2, 0.25) is 0 Å². The minimum Gasteiger partial charge on any atom is -0.306 e. The van der Waals surface area contributed by atoms with Crippen molar-refractivity contribution in [2.45, 2.75) is 61.8 Å². The van der Waals surface area contributed by atoms with Gasteiger partial charge in [0, 0.05) is 0 Å². The molecule has 0 unspecified atom stereocenters. The maximum absolute atomic E-state index is 3.76. The van der Waals surface area contributed by atoms with E-state index in [-0.39, 0.29) is 18.2 Å². The van der Waals surface area contributed by atoms with Crippen LogP contribution in [0, 0.1) is 0 Å². The van der Waals surface area contributed by atoms with Gasteiger partial charge >= 0.3 is 18.2 Å². The molecule has 0 atom stereocenters. The summed E-state index contributed by atoms with van der Waals surface area (Å²) in [6, 6.07) is 0. The SMILES string of the molecule is [Br][Mg][CH]1CCCCCCCCC1. The van der Waals surface area contributed by atoms with Gasteiger partial charge in [0.25, 0.3) is 0 Å². The molecule has 0 radical (unpaired) electrons. The Balaban J connectivity index is 2.17. The molecule has 0 aromatic rings. The summed E-state index contributed by atoms with van der Waals surface area (Å²) >= 11 is 3.87. The molecule has 0 aromatic carbocycles. The first kappa shape index (κ1) is 11.3. The van der Waals surface area contributed by atoms with E-state index in [9.17, 15) is 0 Å². The predicted molar refractivity (Wildman–Crippen MR) is 60.0 cm³/mol. The Bertz CT molecular complexity index is 96.0. The molecule has 1 rings (SSSR count). The molecule has 0 spiro atoms. The van der Waals surface area contributed by atoms with E-state index in [1.165, 1.54) is 57.8 Å². The lowest BCUT2D eigenvalue weighted by molar-refractivity contribution is 0.504. The third-order valence-corrected chi connectivity index (χ3v) is 6.94. The Hall–Kier alpha value is 1.25. The lowest BCUT2D eigenvalue weighted by Gasteiger charge is -2.15. The molecular formula is C10H19BrMg. The second-order valence-electron chi connectivity index (χ2n) is 4.07. The molecule has 0 heterocycles. The average Bonchev–Trinajstić information content (AvgIpc) is 2.14. The van der Waals surface area contributed by atoms with Crippen molar-refractivity contribution in [3.8, 4) is 0 Å². The van der Waals surface area contributed by atoms with Gasteiger partial charge in [-0.3, -0.25) is 0 Å². The first-order valence-electron chi connectivity index (χ1n) is 5.49. The molecule has 0 bridgehead atoms. The van der Waals surface area contributed by atoms with Crippen LogP contribution < -0.4 is 0 Å². The van der Waals surface area contributed by atoms with Crippen LogP contribution in [0.2, 0.25) is 4.05 Å². The first-order chi connectivity index (χ1) is 5.93. The zero-order valence-electron chi connectivity index (χ0n) is 8.03. The molecule has 0 aliphatic heterocycles. The van der Waals surface area contributed by atoms with Crippen molar-refractivity contribution in [3.63, 3.8) is 0 Å². The van der Waals surface area contributed by atoms with Crippen LogP contribution in [0.1, 0.15) is 57.8 Å². The first-order valence-corrected chi connectivity index (χ1v) is 10.2. The van der Waals surface area contributed by atoms with Crippen molar-refractivity contribution >= 4 is 31.1 Å². The topological polar surface area (TPSA) is 0 Å². The van der Waals surface area contributed by atoms with Gasteiger partial charge in [0.05, 0.1) is 0 Å². The fraction of sp³-hybridized carbons (Fsp3) is 1.00. The quantitative estimate of drug-likeness (QED) is 0.602. The fourth-order valence-electron chi connectivity index (χ4n) is 2.05. The molecule has 0 amide bonds. The van der Waals surface area contributed by atoms with Crippen LogP contribution >= 0.6 is 12.9 Å². The summed E-state index contributed by atoms with van der Waals surface area (Å²) in [6.07, 6.45) is 13.5. The molecule has 12 heavy (non-hydrogen) atoms. The van der Waals surface area contributed by atoms with Crippen molar-refractivity contribution in [1.29, 1.82) is 0 Å². The third kappa shape index (κ3) is 5.08. The average molecular weight is 243 g/mol. The zero-order valence-corrected chi connectivity index (χ0v) is 11.0. The van der Waals surface area contributed by atoms with Crippen LogP contribution in [0.4, 0.5) is 0 Å². The van der Waals surface area contributed by atoms with Gasteiger partial charge in [0.1, 0.15) is 0 Å². The summed E-state index contributed by atoms with van der Waals surface area (Å²) in [4.78, 5) is 0. The van der Waals surface area contributed by atoms with E-state index >= 15 is 0 Å². The van der Waals surface area contributed by atoms with Crippen LogP contribution in [0.15, 0.2) is 0 Å². The smallest absolute Gasteiger partial charge is 0.306 e. The number of halogens is 1. The van der Waals surface area contributed by atoms with E-state index in [1.54, 1.807) is 0 Å². The van der Waals surface area contributed by atoms with E-state index in [0.717, 1.165) is 4.05 Å². The third-order valence-electron chi connectivity index (χ3n) is 2.94. The molecule has 1 aliphatic rings. The number of rotatable bonds is 1. The van der Waals surface area contributed by atoms with E-state index in [4.69, 9.17) is 0 Å². The molecule has 68 valence electrons. The summed E-state index contributed by atoms with van der Waals surface area (Å²) in [5.41, 5.74) is 0. The zero-order chi connectivity index (χ0) is 8.65. The molecule has 0 nitrogen and oxygen atoms in total. The number of hydrogen-bond donors (Lipinski definition) is 0. The van der Waals surface area contributed by atoms with Crippen molar-refractivity contribution < 1.29 is 0 Å². The molecular weight excluding hydrogens is 224 g/mol. The van der Waals surface area contributed by atoms with E-state index in [0.29, 0.717) is 0 Å². The standard InChI is InChI=1S/C10H19.BrH.Mg/c1-2-4-6-8-10-9-7-5-3-1;;/h1H,2-10H2;1H;/q;;+1/p-1. The van der Waals surface area contributed by atoms with Gasteiger partial charge in [-0.05, 0) is 0 Å². The predicted octanol–water partition coefficient (Wildman–Crippen LogP) is 4.31. The molecule has 0 N–H and O–H groups in total. The highest BCUT2D eigenvalue weighted by atomic mass is 79.9. The lowest BCUT2D eigenvalue weighted by Crippen LogP contribution is -1.99. The molecule has 1 saturated carbocycles. The fourth-order valence-corrected chi connectivity index (χ4v) is 4.88. The minimum atomic E-state index is 0.116. The summed E-state index contributed by atoms with van der Waals surface area (Å²) in [5.74, 6) is 0. The monoisotopic (exact) mass is 242 g/mol. The molecule has 0 aromatic heterocycles. The minimum absolute atomic E-state index is 0.116. The Morgan fingerprint density at radius 2 is 1.17 bits per heavy atom. The largest absolute Gasteiger partial charge is 0.471 e. The second-order valence-corrected chi connectivity index (χ2v) is 7.48. The number of hydrogen-bond acceptors (Lipinski definition) is 0. The summed E-state index contributed by atoms with van der Waals surface area (Å²) < 4.78 is 1.11. The summed E-state index contributed by atoms with van der Waals surface area (Å²) in [5, 5.41) is 0. The molecule has 1 aliphatic carbocycles. The normalized spacial score (nSPS) is 23.1.